The van der Waals surface area contributed by atoms with E-state index >= 15 is 0 Å². The molecule has 1 amide bonds. The molecule has 1 saturated heterocycles. The van der Waals surface area contributed by atoms with Gasteiger partial charge >= 0.3 is 0 Å². The minimum absolute atomic E-state index is 0.0567. The van der Waals surface area contributed by atoms with Crippen LogP contribution in [-0.4, -0.2) is 34.8 Å². The number of hydrogen-bond donors (Lipinski definition) is 2. The van der Waals surface area contributed by atoms with Crippen LogP contribution in [0.1, 0.15) is 29.3 Å². The second kappa shape index (κ2) is 8.40. The molecule has 1 fully saturated rings. The minimum Gasteiger partial charge on any atom is -0.348 e. The first-order valence-corrected chi connectivity index (χ1v) is 9.89. The smallest absolute Gasteiger partial charge is 0.255 e. The van der Waals surface area contributed by atoms with Crippen molar-refractivity contribution in [1.29, 1.82) is 0 Å². The summed E-state index contributed by atoms with van der Waals surface area (Å²) in [7, 11) is 0. The lowest BCUT2D eigenvalue weighted by Crippen LogP contribution is -2.50. The number of amides is 1. The molecule has 144 valence electrons. The third kappa shape index (κ3) is 4.15. The van der Waals surface area contributed by atoms with Gasteiger partial charge in [-0.05, 0) is 24.4 Å². The van der Waals surface area contributed by atoms with Crippen molar-refractivity contribution in [1.82, 2.24) is 20.4 Å². The summed E-state index contributed by atoms with van der Waals surface area (Å²) in [6, 6.07) is 20.2. The number of nitrogens with one attached hydrogen (secondary N) is 2. The predicted octanol–water partition coefficient (Wildman–Crippen LogP) is 3.33. The number of piperidine rings is 1. The molecule has 1 aliphatic rings. The number of carbonyl (C=O) groups excluding carboxylic acids is 1. The van der Waals surface area contributed by atoms with Crippen molar-refractivity contribution in [3.05, 3.63) is 78.0 Å². The summed E-state index contributed by atoms with van der Waals surface area (Å²) in [5.74, 6) is 0.406. The first-order chi connectivity index (χ1) is 13.7. The molecule has 1 aliphatic heterocycles. The molecule has 0 aliphatic carbocycles. The third-order valence-electron chi connectivity index (χ3n) is 5.39. The lowest BCUT2D eigenvalue weighted by atomic mass is 9.94. The van der Waals surface area contributed by atoms with Gasteiger partial charge in [0.2, 0.25) is 0 Å². The van der Waals surface area contributed by atoms with Gasteiger partial charge in [0.1, 0.15) is 5.69 Å². The zero-order valence-electron chi connectivity index (χ0n) is 16.1. The molecule has 2 heterocycles. The fourth-order valence-corrected chi connectivity index (χ4v) is 3.68. The Bertz CT molecular complexity index is 920. The highest BCUT2D eigenvalue weighted by Crippen LogP contribution is 2.23. The monoisotopic (exact) mass is 374 g/mol. The maximum absolute atomic E-state index is 13.1. The highest BCUT2D eigenvalue weighted by Gasteiger charge is 2.25. The van der Waals surface area contributed by atoms with E-state index in [2.05, 4.69) is 29.7 Å². The molecule has 0 spiro atoms. The van der Waals surface area contributed by atoms with Crippen molar-refractivity contribution in [3.8, 4) is 11.3 Å². The molecule has 4 rings (SSSR count). The van der Waals surface area contributed by atoms with Crippen LogP contribution in [0.25, 0.3) is 11.3 Å². The topological polar surface area (TPSA) is 58.9 Å². The van der Waals surface area contributed by atoms with Crippen LogP contribution in [-0.2, 0) is 6.54 Å². The molecule has 0 saturated carbocycles. The summed E-state index contributed by atoms with van der Waals surface area (Å²) in [4.78, 5) is 13.1. The van der Waals surface area contributed by atoms with E-state index in [1.54, 1.807) is 0 Å². The van der Waals surface area contributed by atoms with Crippen LogP contribution >= 0.6 is 0 Å². The van der Waals surface area contributed by atoms with Gasteiger partial charge in [-0.25, -0.2) is 0 Å². The van der Waals surface area contributed by atoms with Gasteiger partial charge in [0, 0.05) is 24.3 Å². The van der Waals surface area contributed by atoms with Crippen LogP contribution < -0.4 is 10.6 Å². The van der Waals surface area contributed by atoms with Crippen LogP contribution in [0.15, 0.2) is 66.9 Å². The lowest BCUT2D eigenvalue weighted by molar-refractivity contribution is 0.0916. The maximum atomic E-state index is 13.1. The molecule has 28 heavy (non-hydrogen) atoms. The SMILES string of the molecule is CC1CCNCC1NC(=O)c1cn(Cc2ccccc2)nc1-c1ccccc1. The van der Waals surface area contributed by atoms with Gasteiger partial charge in [-0.1, -0.05) is 67.6 Å². The highest BCUT2D eigenvalue weighted by molar-refractivity contribution is 6.00. The average Bonchev–Trinajstić information content (AvgIpc) is 3.15. The quantitative estimate of drug-likeness (QED) is 0.720. The van der Waals surface area contributed by atoms with E-state index in [1.807, 2.05) is 59.4 Å². The van der Waals surface area contributed by atoms with E-state index in [0.29, 0.717) is 18.0 Å². The Kier molecular flexibility index (Phi) is 5.53. The van der Waals surface area contributed by atoms with Gasteiger partial charge in [-0.15, -0.1) is 0 Å². The summed E-state index contributed by atoms with van der Waals surface area (Å²) in [5.41, 5.74) is 3.46. The lowest BCUT2D eigenvalue weighted by Gasteiger charge is -2.30. The molecule has 0 radical (unpaired) electrons. The summed E-state index contributed by atoms with van der Waals surface area (Å²) >= 11 is 0. The third-order valence-corrected chi connectivity index (χ3v) is 5.39. The Morgan fingerprint density at radius 1 is 1.14 bits per heavy atom. The van der Waals surface area contributed by atoms with Crippen molar-refractivity contribution in [2.24, 2.45) is 5.92 Å². The van der Waals surface area contributed by atoms with Gasteiger partial charge in [0.25, 0.3) is 5.91 Å². The summed E-state index contributed by atoms with van der Waals surface area (Å²) in [6.45, 7) is 4.65. The molecule has 2 aromatic carbocycles. The van der Waals surface area contributed by atoms with Crippen molar-refractivity contribution in [2.45, 2.75) is 25.9 Å². The van der Waals surface area contributed by atoms with Gasteiger partial charge in [-0.3, -0.25) is 9.48 Å². The van der Waals surface area contributed by atoms with E-state index in [-0.39, 0.29) is 11.9 Å². The molecule has 2 N–H and O–H groups in total. The zero-order chi connectivity index (χ0) is 19.3. The number of benzene rings is 2. The number of rotatable bonds is 5. The minimum atomic E-state index is -0.0567. The van der Waals surface area contributed by atoms with Gasteiger partial charge < -0.3 is 10.6 Å². The van der Waals surface area contributed by atoms with Crippen LogP contribution in [0.5, 0.6) is 0 Å². The van der Waals surface area contributed by atoms with Crippen molar-refractivity contribution in [2.75, 3.05) is 13.1 Å². The Hall–Kier alpha value is -2.92. The van der Waals surface area contributed by atoms with Crippen molar-refractivity contribution < 1.29 is 4.79 Å². The largest absolute Gasteiger partial charge is 0.348 e. The van der Waals surface area contributed by atoms with Crippen LogP contribution in [0.2, 0.25) is 0 Å². The second-order valence-electron chi connectivity index (χ2n) is 7.49. The highest BCUT2D eigenvalue weighted by atomic mass is 16.1. The number of aromatic nitrogens is 2. The molecule has 1 aromatic heterocycles. The Morgan fingerprint density at radius 3 is 2.57 bits per heavy atom. The van der Waals surface area contributed by atoms with Crippen molar-refractivity contribution in [3.63, 3.8) is 0 Å². The van der Waals surface area contributed by atoms with Crippen LogP contribution in [0, 0.1) is 5.92 Å². The maximum Gasteiger partial charge on any atom is 0.255 e. The van der Waals surface area contributed by atoms with Crippen molar-refractivity contribution >= 4 is 5.91 Å². The molecule has 5 heteroatoms. The Labute approximate surface area is 165 Å². The van der Waals surface area contributed by atoms with Gasteiger partial charge in [0.05, 0.1) is 12.1 Å². The summed E-state index contributed by atoms with van der Waals surface area (Å²) < 4.78 is 1.86. The molecular weight excluding hydrogens is 348 g/mol. The van der Waals surface area contributed by atoms with Crippen LogP contribution in [0.4, 0.5) is 0 Å². The van der Waals surface area contributed by atoms with Gasteiger partial charge in [0.15, 0.2) is 0 Å². The summed E-state index contributed by atoms with van der Waals surface area (Å²) in [5, 5.41) is 11.3. The number of carbonyl (C=O) groups is 1. The Balaban J connectivity index is 1.63. The molecule has 2 atom stereocenters. The predicted molar refractivity (Wildman–Crippen MR) is 111 cm³/mol. The first-order valence-electron chi connectivity index (χ1n) is 9.89. The van der Waals surface area contributed by atoms with E-state index in [1.165, 1.54) is 0 Å². The standard InChI is InChI=1S/C23H26N4O/c1-17-12-13-24-14-21(17)25-23(28)20-16-27(15-18-8-4-2-5-9-18)26-22(20)19-10-6-3-7-11-19/h2-11,16-17,21,24H,12-15H2,1H3,(H,25,28). The van der Waals surface area contributed by atoms with E-state index in [0.717, 1.165) is 36.3 Å². The Morgan fingerprint density at radius 2 is 1.86 bits per heavy atom. The molecule has 2 unspecified atom stereocenters. The fraction of sp³-hybridized carbons (Fsp3) is 0.304. The summed E-state index contributed by atoms with van der Waals surface area (Å²) in [6.07, 6.45) is 2.94. The molecule has 0 bridgehead atoms. The van der Waals surface area contributed by atoms with E-state index in [4.69, 9.17) is 5.10 Å². The van der Waals surface area contributed by atoms with Gasteiger partial charge in [-0.2, -0.15) is 5.10 Å². The number of hydrogen-bond acceptors (Lipinski definition) is 3. The van der Waals surface area contributed by atoms with E-state index in [9.17, 15) is 4.79 Å². The molecule has 5 nitrogen and oxygen atoms in total. The molecular formula is C23H26N4O. The first kappa shape index (κ1) is 18.4. The molecule has 3 aromatic rings. The average molecular weight is 374 g/mol. The fourth-order valence-electron chi connectivity index (χ4n) is 3.68. The van der Waals surface area contributed by atoms with E-state index < -0.39 is 0 Å². The zero-order valence-corrected chi connectivity index (χ0v) is 16.1. The van der Waals surface area contributed by atoms with Crippen LogP contribution in [0.3, 0.4) is 0 Å². The number of nitrogens with zero attached hydrogens (tertiary/aromatic N) is 2. The second-order valence-corrected chi connectivity index (χ2v) is 7.49. The normalized spacial score (nSPS) is 19.3.